The van der Waals surface area contributed by atoms with Gasteiger partial charge in [0.05, 0.1) is 30.7 Å². The third-order valence-corrected chi connectivity index (χ3v) is 3.48. The standard InChI is InChI=1S/C18H18N4O2/c23-11-10-22-13-15(12-19-22)20-18(24)21-17-9-5-4-8-16(17)14-6-2-1-3-7-14/h1-9,12-13,23H,10-11H2,(H2,20,21,24). The summed E-state index contributed by atoms with van der Waals surface area (Å²) in [7, 11) is 0. The molecule has 2 aromatic carbocycles. The smallest absolute Gasteiger partial charge is 0.323 e. The van der Waals surface area contributed by atoms with Gasteiger partial charge in [-0.25, -0.2) is 4.79 Å². The van der Waals surface area contributed by atoms with E-state index >= 15 is 0 Å². The normalized spacial score (nSPS) is 10.4. The van der Waals surface area contributed by atoms with Crippen LogP contribution < -0.4 is 10.6 Å². The molecular formula is C18H18N4O2. The Morgan fingerprint density at radius 2 is 1.79 bits per heavy atom. The molecule has 0 saturated carbocycles. The van der Waals surface area contributed by atoms with E-state index < -0.39 is 0 Å². The second-order valence-corrected chi connectivity index (χ2v) is 5.21. The van der Waals surface area contributed by atoms with Crippen molar-refractivity contribution in [1.29, 1.82) is 0 Å². The maximum Gasteiger partial charge on any atom is 0.323 e. The summed E-state index contributed by atoms with van der Waals surface area (Å²) >= 11 is 0. The maximum absolute atomic E-state index is 12.2. The number of para-hydroxylation sites is 1. The summed E-state index contributed by atoms with van der Waals surface area (Å²) in [5, 5.41) is 18.5. The SMILES string of the molecule is O=C(Nc1cnn(CCO)c1)Nc1ccccc1-c1ccccc1. The lowest BCUT2D eigenvalue weighted by Gasteiger charge is -2.11. The van der Waals surface area contributed by atoms with Gasteiger partial charge in [0.2, 0.25) is 0 Å². The van der Waals surface area contributed by atoms with Gasteiger partial charge in [0.1, 0.15) is 0 Å². The summed E-state index contributed by atoms with van der Waals surface area (Å²) in [6, 6.07) is 17.2. The molecule has 0 fully saturated rings. The zero-order chi connectivity index (χ0) is 16.8. The van der Waals surface area contributed by atoms with Crippen molar-refractivity contribution in [1.82, 2.24) is 9.78 Å². The number of aliphatic hydroxyl groups is 1. The van der Waals surface area contributed by atoms with Gasteiger partial charge in [-0.1, -0.05) is 48.5 Å². The quantitative estimate of drug-likeness (QED) is 0.675. The third kappa shape index (κ3) is 3.80. The van der Waals surface area contributed by atoms with Crippen molar-refractivity contribution in [2.45, 2.75) is 6.54 Å². The van der Waals surface area contributed by atoms with Crippen molar-refractivity contribution in [3.63, 3.8) is 0 Å². The van der Waals surface area contributed by atoms with Gasteiger partial charge in [-0.05, 0) is 11.6 Å². The molecular weight excluding hydrogens is 304 g/mol. The fourth-order valence-corrected chi connectivity index (χ4v) is 2.40. The van der Waals surface area contributed by atoms with Crippen LogP contribution in [0.3, 0.4) is 0 Å². The maximum atomic E-state index is 12.2. The van der Waals surface area contributed by atoms with Crippen molar-refractivity contribution >= 4 is 17.4 Å². The van der Waals surface area contributed by atoms with Crippen LogP contribution >= 0.6 is 0 Å². The molecule has 6 heteroatoms. The molecule has 6 nitrogen and oxygen atoms in total. The van der Waals surface area contributed by atoms with Crippen LogP contribution in [0, 0.1) is 0 Å². The van der Waals surface area contributed by atoms with Gasteiger partial charge in [0, 0.05) is 11.8 Å². The zero-order valence-corrected chi connectivity index (χ0v) is 13.0. The number of aliphatic hydroxyl groups excluding tert-OH is 1. The molecule has 1 aromatic heterocycles. The summed E-state index contributed by atoms with van der Waals surface area (Å²) in [6.07, 6.45) is 3.21. The van der Waals surface area contributed by atoms with E-state index in [1.54, 1.807) is 17.1 Å². The number of urea groups is 1. The van der Waals surface area contributed by atoms with Gasteiger partial charge < -0.3 is 15.7 Å². The summed E-state index contributed by atoms with van der Waals surface area (Å²) < 4.78 is 1.56. The van der Waals surface area contributed by atoms with E-state index in [1.807, 2.05) is 54.6 Å². The Morgan fingerprint density at radius 1 is 1.04 bits per heavy atom. The Bertz CT molecular complexity index is 815. The highest BCUT2D eigenvalue weighted by Crippen LogP contribution is 2.27. The van der Waals surface area contributed by atoms with Crippen LogP contribution in [0.4, 0.5) is 16.2 Å². The van der Waals surface area contributed by atoms with Crippen molar-refractivity contribution in [2.75, 3.05) is 17.2 Å². The van der Waals surface area contributed by atoms with E-state index in [2.05, 4.69) is 15.7 Å². The molecule has 0 bridgehead atoms. The minimum absolute atomic E-state index is 0.00221. The van der Waals surface area contributed by atoms with Gasteiger partial charge in [-0.15, -0.1) is 0 Å². The number of rotatable bonds is 5. The molecule has 3 aromatic rings. The van der Waals surface area contributed by atoms with E-state index in [0.717, 1.165) is 16.8 Å². The van der Waals surface area contributed by atoms with Crippen molar-refractivity contribution in [3.8, 4) is 11.1 Å². The van der Waals surface area contributed by atoms with Crippen LogP contribution in [0.1, 0.15) is 0 Å². The van der Waals surface area contributed by atoms with Crippen LogP contribution in [0.2, 0.25) is 0 Å². The molecule has 0 radical (unpaired) electrons. The number of nitrogens with zero attached hydrogens (tertiary/aromatic N) is 2. The Hall–Kier alpha value is -3.12. The third-order valence-electron chi connectivity index (χ3n) is 3.48. The van der Waals surface area contributed by atoms with E-state index in [1.165, 1.54) is 0 Å². The summed E-state index contributed by atoms with van der Waals surface area (Å²) in [6.45, 7) is 0.387. The number of carbonyl (C=O) groups is 1. The second-order valence-electron chi connectivity index (χ2n) is 5.21. The van der Waals surface area contributed by atoms with Gasteiger partial charge in [0.25, 0.3) is 0 Å². The Balaban J connectivity index is 1.72. The van der Waals surface area contributed by atoms with Crippen molar-refractivity contribution in [3.05, 3.63) is 67.0 Å². The highest BCUT2D eigenvalue weighted by atomic mass is 16.3. The Labute approximate surface area is 139 Å². The average Bonchev–Trinajstić information content (AvgIpc) is 3.03. The first-order valence-corrected chi connectivity index (χ1v) is 7.62. The van der Waals surface area contributed by atoms with Gasteiger partial charge in [0.15, 0.2) is 0 Å². The molecule has 122 valence electrons. The number of aromatic nitrogens is 2. The highest BCUT2D eigenvalue weighted by Gasteiger charge is 2.09. The number of anilines is 2. The van der Waals surface area contributed by atoms with Crippen LogP contribution in [-0.4, -0.2) is 27.5 Å². The minimum atomic E-state index is -0.345. The number of hydrogen-bond acceptors (Lipinski definition) is 3. The summed E-state index contributed by atoms with van der Waals surface area (Å²) in [5.74, 6) is 0. The lowest BCUT2D eigenvalue weighted by Crippen LogP contribution is -2.19. The predicted molar refractivity (Wildman–Crippen MR) is 93.8 cm³/mol. The molecule has 0 aliphatic carbocycles. The fraction of sp³-hybridized carbons (Fsp3) is 0.111. The molecule has 0 atom stereocenters. The van der Waals surface area contributed by atoms with E-state index in [-0.39, 0.29) is 12.6 Å². The molecule has 2 amide bonds. The van der Waals surface area contributed by atoms with Gasteiger partial charge in [-0.3, -0.25) is 4.68 Å². The van der Waals surface area contributed by atoms with Crippen LogP contribution in [0.5, 0.6) is 0 Å². The molecule has 0 unspecified atom stereocenters. The molecule has 24 heavy (non-hydrogen) atoms. The van der Waals surface area contributed by atoms with Crippen LogP contribution in [0.15, 0.2) is 67.0 Å². The molecule has 0 aliphatic heterocycles. The summed E-state index contributed by atoms with van der Waals surface area (Å²) in [4.78, 5) is 12.2. The Morgan fingerprint density at radius 3 is 2.58 bits per heavy atom. The van der Waals surface area contributed by atoms with Gasteiger partial charge in [-0.2, -0.15) is 5.10 Å². The number of benzene rings is 2. The zero-order valence-electron chi connectivity index (χ0n) is 13.0. The van der Waals surface area contributed by atoms with Crippen molar-refractivity contribution < 1.29 is 9.90 Å². The molecule has 0 saturated heterocycles. The van der Waals surface area contributed by atoms with Crippen LogP contribution in [0.25, 0.3) is 11.1 Å². The predicted octanol–water partition coefficient (Wildman–Crippen LogP) is 3.19. The number of carbonyl (C=O) groups excluding carboxylic acids is 1. The molecule has 3 rings (SSSR count). The number of hydrogen-bond donors (Lipinski definition) is 3. The number of amides is 2. The lowest BCUT2D eigenvalue weighted by atomic mass is 10.0. The molecule has 0 spiro atoms. The first-order valence-electron chi connectivity index (χ1n) is 7.62. The monoisotopic (exact) mass is 322 g/mol. The van der Waals surface area contributed by atoms with Gasteiger partial charge >= 0.3 is 6.03 Å². The van der Waals surface area contributed by atoms with E-state index in [9.17, 15) is 4.79 Å². The highest BCUT2D eigenvalue weighted by molar-refractivity contribution is 6.02. The topological polar surface area (TPSA) is 79.2 Å². The van der Waals surface area contributed by atoms with Crippen LogP contribution in [-0.2, 0) is 6.54 Å². The molecule has 3 N–H and O–H groups in total. The number of nitrogens with one attached hydrogen (secondary N) is 2. The second kappa shape index (κ2) is 7.43. The molecule has 1 heterocycles. The lowest BCUT2D eigenvalue weighted by molar-refractivity contribution is 0.262. The average molecular weight is 322 g/mol. The first-order chi connectivity index (χ1) is 11.8. The van der Waals surface area contributed by atoms with Crippen molar-refractivity contribution in [2.24, 2.45) is 0 Å². The minimum Gasteiger partial charge on any atom is -0.394 e. The summed E-state index contributed by atoms with van der Waals surface area (Å²) in [5.41, 5.74) is 3.27. The van der Waals surface area contributed by atoms with E-state index in [0.29, 0.717) is 12.2 Å². The Kier molecular flexibility index (Phi) is 4.88. The fourth-order valence-electron chi connectivity index (χ4n) is 2.40. The first kappa shape index (κ1) is 15.8. The largest absolute Gasteiger partial charge is 0.394 e. The molecule has 0 aliphatic rings. The van der Waals surface area contributed by atoms with E-state index in [4.69, 9.17) is 5.11 Å².